The number of amides is 1. The Kier molecular flexibility index (Phi) is 5.37. The van der Waals surface area contributed by atoms with Gasteiger partial charge in [-0.25, -0.2) is 9.97 Å². The van der Waals surface area contributed by atoms with Crippen molar-refractivity contribution in [3.8, 4) is 23.0 Å². The van der Waals surface area contributed by atoms with Gasteiger partial charge in [-0.3, -0.25) is 4.79 Å². The van der Waals surface area contributed by atoms with Crippen molar-refractivity contribution in [2.45, 2.75) is 6.54 Å². The van der Waals surface area contributed by atoms with E-state index in [1.54, 1.807) is 36.5 Å². The first-order chi connectivity index (χ1) is 16.1. The van der Waals surface area contributed by atoms with Crippen molar-refractivity contribution in [2.75, 3.05) is 18.9 Å². The second kappa shape index (κ2) is 8.64. The van der Waals surface area contributed by atoms with Crippen molar-refractivity contribution in [3.63, 3.8) is 0 Å². The first-order valence-corrected chi connectivity index (χ1v) is 10.3. The molecule has 0 saturated heterocycles. The van der Waals surface area contributed by atoms with Crippen molar-refractivity contribution < 1.29 is 18.0 Å². The Hall–Kier alpha value is -4.37. The largest absolute Gasteiger partial charge is 0.459 e. The minimum Gasteiger partial charge on any atom is -0.459 e. The Morgan fingerprint density at radius 3 is 2.79 bits per heavy atom. The van der Waals surface area contributed by atoms with E-state index < -0.39 is 0 Å². The zero-order chi connectivity index (χ0) is 22.8. The fourth-order valence-corrected chi connectivity index (χ4v) is 3.49. The molecule has 0 aliphatic carbocycles. The number of carbonyl (C=O) groups excluding carboxylic acids is 1. The number of nitrogens with zero attached hydrogens (tertiary/aromatic N) is 3. The van der Waals surface area contributed by atoms with Crippen molar-refractivity contribution in [3.05, 3.63) is 72.6 Å². The Labute approximate surface area is 188 Å². The number of anilines is 2. The van der Waals surface area contributed by atoms with Crippen LogP contribution in [0, 0.1) is 0 Å². The van der Waals surface area contributed by atoms with Crippen LogP contribution in [0.1, 0.15) is 5.56 Å². The topological polar surface area (TPSA) is 124 Å². The molecule has 0 unspecified atom stereocenters. The van der Waals surface area contributed by atoms with Gasteiger partial charge in [0.2, 0.25) is 5.91 Å². The zero-order valence-electron chi connectivity index (χ0n) is 17.8. The lowest BCUT2D eigenvalue weighted by Crippen LogP contribution is -2.32. The third-order valence-corrected chi connectivity index (χ3v) is 5.17. The number of hydrogen-bond donors (Lipinski definition) is 2. The molecule has 0 radical (unpaired) electrons. The smallest absolute Gasteiger partial charge is 0.299 e. The van der Waals surface area contributed by atoms with E-state index in [1.807, 2.05) is 42.5 Å². The highest BCUT2D eigenvalue weighted by atomic mass is 16.4. The molecule has 3 N–H and O–H groups in total. The van der Waals surface area contributed by atoms with Gasteiger partial charge in [0.15, 0.2) is 17.1 Å². The van der Waals surface area contributed by atoms with Gasteiger partial charge in [-0.15, -0.1) is 0 Å². The number of oxazole rings is 2. The number of fused-ring (bicyclic) bond motifs is 1. The van der Waals surface area contributed by atoms with E-state index in [0.29, 0.717) is 41.1 Å². The summed E-state index contributed by atoms with van der Waals surface area (Å²) >= 11 is 0. The van der Waals surface area contributed by atoms with Crippen molar-refractivity contribution in [1.82, 2.24) is 14.9 Å². The molecule has 0 atom stereocenters. The number of benzene rings is 2. The van der Waals surface area contributed by atoms with Crippen molar-refractivity contribution in [1.29, 1.82) is 0 Å². The van der Waals surface area contributed by atoms with Crippen LogP contribution in [0.15, 0.2) is 80.3 Å². The Bertz CT molecular complexity index is 1400. The maximum absolute atomic E-state index is 11.9. The average molecular weight is 443 g/mol. The van der Waals surface area contributed by atoms with Gasteiger partial charge in [-0.1, -0.05) is 24.3 Å². The number of hydrogen-bond acceptors (Lipinski definition) is 8. The molecule has 0 fully saturated rings. The summed E-state index contributed by atoms with van der Waals surface area (Å²) in [7, 11) is 1.72. The average Bonchev–Trinajstić information content (AvgIpc) is 3.59. The molecule has 166 valence electrons. The summed E-state index contributed by atoms with van der Waals surface area (Å²) in [5.41, 5.74) is 9.32. The first-order valence-electron chi connectivity index (χ1n) is 10.3. The molecule has 0 aliphatic heterocycles. The maximum atomic E-state index is 11.9. The van der Waals surface area contributed by atoms with Gasteiger partial charge in [-0.2, -0.15) is 0 Å². The quantitative estimate of drug-likeness (QED) is 0.379. The predicted octanol–water partition coefficient (Wildman–Crippen LogP) is 4.40. The van der Waals surface area contributed by atoms with Gasteiger partial charge in [0.05, 0.1) is 19.0 Å². The zero-order valence-corrected chi connectivity index (χ0v) is 17.8. The molecule has 1 amide bonds. The minimum absolute atomic E-state index is 0.0338. The monoisotopic (exact) mass is 443 g/mol. The number of carbonyl (C=O) groups is 1. The van der Waals surface area contributed by atoms with E-state index in [0.717, 1.165) is 16.8 Å². The molecule has 9 nitrogen and oxygen atoms in total. The summed E-state index contributed by atoms with van der Waals surface area (Å²) < 4.78 is 17.0. The van der Waals surface area contributed by atoms with Crippen molar-refractivity contribution >= 4 is 28.7 Å². The second-order valence-corrected chi connectivity index (χ2v) is 7.44. The minimum atomic E-state index is -0.136. The number of rotatable bonds is 7. The molecular formula is C24H21N5O4. The molecular weight excluding hydrogens is 422 g/mol. The van der Waals surface area contributed by atoms with Crippen LogP contribution in [0.25, 0.3) is 34.1 Å². The number of aromatic nitrogens is 2. The molecule has 5 rings (SSSR count). The lowest BCUT2D eigenvalue weighted by atomic mass is 10.1. The van der Waals surface area contributed by atoms with E-state index in [4.69, 9.17) is 19.0 Å². The predicted molar refractivity (Wildman–Crippen MR) is 122 cm³/mol. The molecule has 3 aromatic heterocycles. The molecule has 9 heteroatoms. The molecule has 0 aliphatic rings. The fraction of sp³-hybridized carbons (Fsp3) is 0.125. The Morgan fingerprint density at radius 2 is 1.97 bits per heavy atom. The van der Waals surface area contributed by atoms with Gasteiger partial charge < -0.3 is 29.2 Å². The summed E-state index contributed by atoms with van der Waals surface area (Å²) in [6, 6.07) is 17.1. The third-order valence-electron chi connectivity index (χ3n) is 5.17. The van der Waals surface area contributed by atoms with Crippen LogP contribution in [0.4, 0.5) is 11.7 Å². The highest BCUT2D eigenvalue weighted by Gasteiger charge is 2.15. The maximum Gasteiger partial charge on any atom is 0.299 e. The van der Waals surface area contributed by atoms with Crippen LogP contribution in [0.2, 0.25) is 0 Å². The number of nitrogens with two attached hydrogens (primary N) is 1. The fourth-order valence-electron chi connectivity index (χ4n) is 3.49. The molecule has 0 spiro atoms. The van der Waals surface area contributed by atoms with Crippen LogP contribution in [0.3, 0.4) is 0 Å². The first kappa shape index (κ1) is 20.5. The summed E-state index contributed by atoms with van der Waals surface area (Å²) in [6.45, 7) is 0.379. The van der Waals surface area contributed by atoms with Gasteiger partial charge >= 0.3 is 0 Å². The molecule has 33 heavy (non-hydrogen) atoms. The van der Waals surface area contributed by atoms with Gasteiger partial charge in [0, 0.05) is 24.8 Å². The Morgan fingerprint density at radius 1 is 1.09 bits per heavy atom. The lowest BCUT2D eigenvalue weighted by molar-refractivity contribution is -0.128. The number of nitrogens with one attached hydrogen (secondary N) is 1. The standard InChI is InChI=1S/C24H21N5O4/c1-29(22(30)12-25)14-15-5-2-3-6-17(15)21-13-26-24(33-21)27-16-8-9-19-18(11-16)28-23(32-19)20-7-4-10-31-20/h2-11,13H,12,14,25H2,1H3,(H,26,27). The lowest BCUT2D eigenvalue weighted by Gasteiger charge is -2.17. The summed E-state index contributed by atoms with van der Waals surface area (Å²) in [6.07, 6.45) is 3.22. The van der Waals surface area contributed by atoms with Crippen LogP contribution in [-0.4, -0.2) is 34.4 Å². The van der Waals surface area contributed by atoms with E-state index in [9.17, 15) is 4.79 Å². The molecule has 0 bridgehead atoms. The highest BCUT2D eigenvalue weighted by molar-refractivity contribution is 5.80. The third kappa shape index (κ3) is 4.21. The normalized spacial score (nSPS) is 11.1. The summed E-state index contributed by atoms with van der Waals surface area (Å²) in [4.78, 5) is 22.3. The van der Waals surface area contributed by atoms with Crippen molar-refractivity contribution in [2.24, 2.45) is 5.73 Å². The van der Waals surface area contributed by atoms with E-state index in [-0.39, 0.29) is 12.5 Å². The SMILES string of the molecule is CN(Cc1ccccc1-c1cnc(Nc2ccc3oc(-c4ccco4)nc3c2)o1)C(=O)CN. The van der Waals surface area contributed by atoms with Gasteiger partial charge in [-0.05, 0) is 35.9 Å². The molecule has 5 aromatic rings. The van der Waals surface area contributed by atoms with Gasteiger partial charge in [0.1, 0.15) is 5.52 Å². The van der Waals surface area contributed by atoms with E-state index in [2.05, 4.69) is 15.3 Å². The second-order valence-electron chi connectivity index (χ2n) is 7.44. The number of furan rings is 1. The van der Waals surface area contributed by atoms with Crippen LogP contribution >= 0.6 is 0 Å². The van der Waals surface area contributed by atoms with E-state index >= 15 is 0 Å². The van der Waals surface area contributed by atoms with Crippen LogP contribution < -0.4 is 11.1 Å². The molecule has 3 heterocycles. The molecule has 2 aromatic carbocycles. The highest BCUT2D eigenvalue weighted by Crippen LogP contribution is 2.30. The van der Waals surface area contributed by atoms with E-state index in [1.165, 1.54) is 0 Å². The Balaban J connectivity index is 1.36. The van der Waals surface area contributed by atoms with Gasteiger partial charge in [0.25, 0.3) is 11.9 Å². The number of likely N-dealkylation sites (N-methyl/N-ethyl adjacent to an activating group) is 1. The van der Waals surface area contributed by atoms with Crippen LogP contribution in [-0.2, 0) is 11.3 Å². The van der Waals surface area contributed by atoms with Crippen LogP contribution in [0.5, 0.6) is 0 Å². The summed E-state index contributed by atoms with van der Waals surface area (Å²) in [5.74, 6) is 1.43. The molecule has 0 saturated carbocycles. The summed E-state index contributed by atoms with van der Waals surface area (Å²) in [5, 5.41) is 3.15.